The van der Waals surface area contributed by atoms with Crippen LogP contribution in [0.3, 0.4) is 0 Å². The topological polar surface area (TPSA) is 161 Å². The molecule has 3 saturated heterocycles. The van der Waals surface area contributed by atoms with Gasteiger partial charge in [0.1, 0.15) is 24.4 Å². The maximum absolute atomic E-state index is 13.5. The summed E-state index contributed by atoms with van der Waals surface area (Å²) in [5.74, 6) is -1.08. The molecule has 3 N–H and O–H groups in total. The molecule has 13 nitrogen and oxygen atoms in total. The van der Waals surface area contributed by atoms with Crippen LogP contribution in [0.25, 0.3) is 0 Å². The summed E-state index contributed by atoms with van der Waals surface area (Å²) in [4.78, 5) is 14.3. The largest absolute Gasteiger partial charge is 0.502 e. The highest BCUT2D eigenvalue weighted by Crippen LogP contribution is 2.57. The highest BCUT2D eigenvalue weighted by molar-refractivity contribution is 7.10. The number of fused-ring (bicyclic) bond motifs is 4. The fourth-order valence-electron chi connectivity index (χ4n) is 7.18. The summed E-state index contributed by atoms with van der Waals surface area (Å²) in [6, 6.07) is 10.7. The Morgan fingerprint density at radius 3 is 2.35 bits per heavy atom. The smallest absolute Gasteiger partial charge is 0.310 e. The first-order chi connectivity index (χ1) is 22.4. The van der Waals surface area contributed by atoms with Gasteiger partial charge in [0.2, 0.25) is 12.5 Å². The van der Waals surface area contributed by atoms with Crippen LogP contribution in [0.15, 0.2) is 41.8 Å². The molecular weight excluding hydrogens is 624 g/mol. The summed E-state index contributed by atoms with van der Waals surface area (Å²) in [6.45, 7) is 0.171. The summed E-state index contributed by atoms with van der Waals surface area (Å²) in [7, 11) is 2.86. The number of ether oxygens (including phenoxy) is 9. The molecule has 14 heteroatoms. The quantitative estimate of drug-likeness (QED) is 0.333. The first-order valence-electron chi connectivity index (χ1n) is 14.9. The molecule has 0 bridgehead atoms. The number of hydrogen-bond acceptors (Lipinski definition) is 14. The number of phenolic OH excluding ortho intramolecular Hbond substituents is 1. The van der Waals surface area contributed by atoms with Crippen LogP contribution in [0.5, 0.6) is 28.7 Å². The van der Waals surface area contributed by atoms with E-state index in [0.717, 1.165) is 4.88 Å². The van der Waals surface area contributed by atoms with E-state index in [4.69, 9.17) is 42.6 Å². The van der Waals surface area contributed by atoms with E-state index >= 15 is 0 Å². The number of aliphatic hydroxyl groups is 2. The van der Waals surface area contributed by atoms with Gasteiger partial charge in [-0.1, -0.05) is 6.07 Å². The van der Waals surface area contributed by atoms with E-state index in [1.807, 2.05) is 23.6 Å². The lowest BCUT2D eigenvalue weighted by molar-refractivity contribution is -0.368. The van der Waals surface area contributed by atoms with Gasteiger partial charge in [-0.15, -0.1) is 11.3 Å². The Balaban J connectivity index is 1.16. The Hall–Kier alpha value is -3.63. The van der Waals surface area contributed by atoms with E-state index in [-0.39, 0.29) is 37.3 Å². The second-order valence-electron chi connectivity index (χ2n) is 11.8. The van der Waals surface area contributed by atoms with Crippen molar-refractivity contribution < 1.29 is 62.7 Å². The van der Waals surface area contributed by atoms with Gasteiger partial charge in [0.05, 0.1) is 44.3 Å². The van der Waals surface area contributed by atoms with Crippen molar-refractivity contribution in [1.82, 2.24) is 0 Å². The first kappa shape index (κ1) is 29.8. The highest BCUT2D eigenvalue weighted by Gasteiger charge is 2.56. The number of esters is 1. The zero-order valence-corrected chi connectivity index (χ0v) is 25.6. The SMILES string of the molecule is COc1cc([C@@H]2c3cc4c(cc3[C@@H](O[C@@H]3O[C@H]5CO[C@@H](c6cccs6)O[C@@H]5[C@@H](O)[C@H]3O)[C@H]3COC(=O)[C@H]23)OCO4)cc(OC)c1O. The lowest BCUT2D eigenvalue weighted by atomic mass is 9.66. The second kappa shape index (κ2) is 11.6. The van der Waals surface area contributed by atoms with Crippen molar-refractivity contribution in [2.24, 2.45) is 11.8 Å². The third-order valence-electron chi connectivity index (χ3n) is 9.37. The van der Waals surface area contributed by atoms with Crippen molar-refractivity contribution in [3.63, 3.8) is 0 Å². The minimum Gasteiger partial charge on any atom is -0.502 e. The Labute approximate surface area is 267 Å². The number of cyclic esters (lactones) is 1. The van der Waals surface area contributed by atoms with Gasteiger partial charge in [-0.05, 0) is 52.4 Å². The summed E-state index contributed by atoms with van der Waals surface area (Å²) < 4.78 is 52.6. The number of methoxy groups -OCH3 is 2. The molecule has 2 aromatic carbocycles. The number of rotatable bonds is 6. The number of aliphatic hydroxyl groups excluding tert-OH is 2. The van der Waals surface area contributed by atoms with E-state index in [0.29, 0.717) is 28.2 Å². The molecule has 3 fully saturated rings. The van der Waals surface area contributed by atoms with Crippen LogP contribution in [0.2, 0.25) is 0 Å². The van der Waals surface area contributed by atoms with E-state index in [9.17, 15) is 20.1 Å². The van der Waals surface area contributed by atoms with Gasteiger partial charge in [0, 0.05) is 11.8 Å². The van der Waals surface area contributed by atoms with Crippen LogP contribution in [0.1, 0.15) is 39.9 Å². The lowest BCUT2D eigenvalue weighted by Crippen LogP contribution is -2.62. The molecule has 8 rings (SSSR count). The number of phenols is 1. The maximum Gasteiger partial charge on any atom is 0.310 e. The van der Waals surface area contributed by atoms with E-state index < -0.39 is 66.8 Å². The van der Waals surface area contributed by atoms with Gasteiger partial charge in [-0.3, -0.25) is 4.79 Å². The van der Waals surface area contributed by atoms with E-state index in [1.165, 1.54) is 25.6 Å². The molecule has 46 heavy (non-hydrogen) atoms. The molecule has 4 aliphatic heterocycles. The number of thiophene rings is 1. The van der Waals surface area contributed by atoms with Gasteiger partial charge in [0.25, 0.3) is 0 Å². The van der Waals surface area contributed by atoms with Crippen LogP contribution < -0.4 is 18.9 Å². The molecule has 1 aromatic heterocycles. The second-order valence-corrected chi connectivity index (χ2v) is 12.7. The van der Waals surface area contributed by atoms with Crippen LogP contribution in [0.4, 0.5) is 0 Å². The minimum absolute atomic E-state index is 0.0242. The van der Waals surface area contributed by atoms with Gasteiger partial charge in [0.15, 0.2) is 35.6 Å². The van der Waals surface area contributed by atoms with Crippen molar-refractivity contribution >= 4 is 17.3 Å². The van der Waals surface area contributed by atoms with Crippen LogP contribution >= 0.6 is 11.3 Å². The standard InChI is InChI=1S/C32H32O13S/c1-37-19-6-13(7-20(38-2)25(19)33)23-14-8-17-18(42-12-41-17)9-15(14)28(16-10-39-30(36)24(16)23)44-32-27(35)26(34)29-21(43-32)11-40-31(45-29)22-4-3-5-46-22/h3-9,16,21,23-24,26-29,31-35H,10-12H2,1-2H3/t16-,21-,23+,24-,26-,27+,28+,29-,31+,32-/m0/s1. The molecule has 244 valence electrons. The predicted octanol–water partition coefficient (Wildman–Crippen LogP) is 2.75. The molecule has 0 radical (unpaired) electrons. The summed E-state index contributed by atoms with van der Waals surface area (Å²) >= 11 is 1.46. The predicted molar refractivity (Wildman–Crippen MR) is 156 cm³/mol. The molecule has 3 aromatic rings. The molecule has 0 spiro atoms. The monoisotopic (exact) mass is 656 g/mol. The average molecular weight is 657 g/mol. The number of aromatic hydroxyl groups is 1. The van der Waals surface area contributed by atoms with Gasteiger partial charge in [-0.2, -0.15) is 0 Å². The zero-order chi connectivity index (χ0) is 31.7. The Morgan fingerprint density at radius 1 is 0.913 bits per heavy atom. The van der Waals surface area contributed by atoms with Crippen molar-refractivity contribution in [2.45, 2.75) is 49.0 Å². The minimum atomic E-state index is -1.47. The van der Waals surface area contributed by atoms with Crippen molar-refractivity contribution in [1.29, 1.82) is 0 Å². The molecule has 1 aliphatic carbocycles. The zero-order valence-electron chi connectivity index (χ0n) is 24.8. The molecule has 0 amide bonds. The fraction of sp³-hybridized carbons (Fsp3) is 0.469. The number of carbonyl (C=O) groups excluding carboxylic acids is 1. The normalized spacial score (nSPS) is 34.3. The van der Waals surface area contributed by atoms with Gasteiger partial charge < -0.3 is 58.0 Å². The first-order valence-corrected chi connectivity index (χ1v) is 15.8. The molecule has 5 heterocycles. The number of carbonyl (C=O) groups is 1. The molecule has 5 aliphatic rings. The van der Waals surface area contributed by atoms with E-state index in [2.05, 4.69) is 0 Å². The Bertz CT molecular complexity index is 1600. The van der Waals surface area contributed by atoms with Gasteiger partial charge >= 0.3 is 5.97 Å². The van der Waals surface area contributed by atoms with Crippen LogP contribution in [-0.4, -0.2) is 86.2 Å². The molecule has 0 saturated carbocycles. The molecule has 0 unspecified atom stereocenters. The summed E-state index contributed by atoms with van der Waals surface area (Å²) in [6.07, 6.45) is -7.16. The molecular formula is C32H32O13S. The Morgan fingerprint density at radius 2 is 1.65 bits per heavy atom. The van der Waals surface area contributed by atoms with Crippen molar-refractivity contribution in [3.05, 3.63) is 63.3 Å². The highest BCUT2D eigenvalue weighted by atomic mass is 32.1. The van der Waals surface area contributed by atoms with E-state index in [1.54, 1.807) is 18.2 Å². The van der Waals surface area contributed by atoms with Crippen LogP contribution in [-0.2, 0) is 28.5 Å². The Kier molecular flexibility index (Phi) is 7.48. The van der Waals surface area contributed by atoms with Crippen LogP contribution in [0, 0.1) is 11.8 Å². The third-order valence-corrected chi connectivity index (χ3v) is 10.3. The van der Waals surface area contributed by atoms with Crippen molar-refractivity contribution in [3.8, 4) is 28.7 Å². The summed E-state index contributed by atoms with van der Waals surface area (Å²) in [5.41, 5.74) is 2.00. The van der Waals surface area contributed by atoms with Crippen molar-refractivity contribution in [2.75, 3.05) is 34.2 Å². The fourth-order valence-corrected chi connectivity index (χ4v) is 7.89. The average Bonchev–Trinajstić information content (AvgIpc) is 3.85. The van der Waals surface area contributed by atoms with Gasteiger partial charge in [-0.25, -0.2) is 0 Å². The summed E-state index contributed by atoms with van der Waals surface area (Å²) in [5, 5.41) is 35.0. The maximum atomic E-state index is 13.5. The number of hydrogen-bond donors (Lipinski definition) is 3. The lowest BCUT2D eigenvalue weighted by Gasteiger charge is -2.48. The number of benzene rings is 2. The molecule has 10 atom stereocenters. The third kappa shape index (κ3) is 4.70.